The van der Waals surface area contributed by atoms with Crippen molar-refractivity contribution in [3.05, 3.63) is 107 Å². The lowest BCUT2D eigenvalue weighted by Gasteiger charge is -2.21. The first-order chi connectivity index (χ1) is 13.0. The fraction of sp³-hybridized carbons (Fsp3) is 0.240. The van der Waals surface area contributed by atoms with Gasteiger partial charge in [0.25, 0.3) is 0 Å². The van der Waals surface area contributed by atoms with Crippen LogP contribution in [0, 0.1) is 13.8 Å². The second kappa shape index (κ2) is 8.68. The molecule has 0 spiro atoms. The molecule has 0 radical (unpaired) electrons. The summed E-state index contributed by atoms with van der Waals surface area (Å²) in [5, 5.41) is 3.19. The van der Waals surface area contributed by atoms with E-state index in [1.807, 2.05) is 36.4 Å². The summed E-state index contributed by atoms with van der Waals surface area (Å²) in [5.41, 5.74) is 5.95. The zero-order valence-electron chi connectivity index (χ0n) is 16.3. The van der Waals surface area contributed by atoms with E-state index in [0.29, 0.717) is 6.42 Å². The fourth-order valence-corrected chi connectivity index (χ4v) is 3.67. The summed E-state index contributed by atoms with van der Waals surface area (Å²) in [7, 11) is 0. The van der Waals surface area contributed by atoms with Gasteiger partial charge in [0.1, 0.15) is 0 Å². The highest BCUT2D eigenvalue weighted by atomic mass is 16.1. The molecule has 138 valence electrons. The van der Waals surface area contributed by atoms with Gasteiger partial charge in [-0.25, -0.2) is 0 Å². The van der Waals surface area contributed by atoms with Gasteiger partial charge in [-0.15, -0.1) is 0 Å². The lowest BCUT2D eigenvalue weighted by Crippen LogP contribution is -2.28. The van der Waals surface area contributed by atoms with Gasteiger partial charge in [-0.1, -0.05) is 84.4 Å². The maximum absolute atomic E-state index is 12.9. The van der Waals surface area contributed by atoms with E-state index < -0.39 is 0 Å². The van der Waals surface area contributed by atoms with E-state index in [1.54, 1.807) is 0 Å². The maximum atomic E-state index is 12.9. The Hall–Kier alpha value is -2.87. The van der Waals surface area contributed by atoms with Crippen molar-refractivity contribution in [1.29, 1.82) is 0 Å². The molecule has 1 N–H and O–H groups in total. The summed E-state index contributed by atoms with van der Waals surface area (Å²) in [4.78, 5) is 12.9. The highest BCUT2D eigenvalue weighted by molar-refractivity contribution is 5.78. The quantitative estimate of drug-likeness (QED) is 0.602. The molecule has 0 heterocycles. The van der Waals surface area contributed by atoms with Gasteiger partial charge < -0.3 is 5.32 Å². The highest BCUT2D eigenvalue weighted by Crippen LogP contribution is 2.28. The van der Waals surface area contributed by atoms with Crippen molar-refractivity contribution in [2.75, 3.05) is 0 Å². The summed E-state index contributed by atoms with van der Waals surface area (Å²) in [6, 6.07) is 26.9. The summed E-state index contributed by atoms with van der Waals surface area (Å²) >= 11 is 0. The second-order valence-corrected chi connectivity index (χ2v) is 7.23. The predicted molar refractivity (Wildman–Crippen MR) is 112 cm³/mol. The van der Waals surface area contributed by atoms with Crippen LogP contribution < -0.4 is 5.32 Å². The van der Waals surface area contributed by atoms with E-state index in [9.17, 15) is 4.79 Å². The molecule has 0 aliphatic rings. The standard InChI is InChI=1S/C25H27NO/c1-18-14-15-23(19(2)16-18)20(3)26-25(27)17-24(21-10-6-4-7-11-21)22-12-8-5-9-13-22/h4-16,20,24H,17H2,1-3H3,(H,26,27). The van der Waals surface area contributed by atoms with Crippen LogP contribution in [0.1, 0.15) is 53.1 Å². The Labute approximate surface area is 162 Å². The summed E-state index contributed by atoms with van der Waals surface area (Å²) in [6.45, 7) is 6.24. The molecule has 1 amide bonds. The average Bonchev–Trinajstić information content (AvgIpc) is 2.67. The summed E-state index contributed by atoms with van der Waals surface area (Å²) in [6.07, 6.45) is 0.434. The van der Waals surface area contributed by atoms with Gasteiger partial charge in [0, 0.05) is 12.3 Å². The highest BCUT2D eigenvalue weighted by Gasteiger charge is 2.20. The molecule has 0 saturated heterocycles. The zero-order chi connectivity index (χ0) is 19.2. The van der Waals surface area contributed by atoms with Gasteiger partial charge in [0.15, 0.2) is 0 Å². The lowest BCUT2D eigenvalue weighted by molar-refractivity contribution is -0.121. The first-order valence-corrected chi connectivity index (χ1v) is 9.51. The number of hydrogen-bond donors (Lipinski definition) is 1. The van der Waals surface area contributed by atoms with E-state index in [0.717, 1.165) is 11.1 Å². The van der Waals surface area contributed by atoms with Crippen molar-refractivity contribution >= 4 is 5.91 Å². The minimum atomic E-state index is -0.00898. The molecule has 0 aromatic heterocycles. The van der Waals surface area contributed by atoms with Crippen LogP contribution in [0.5, 0.6) is 0 Å². The summed E-state index contributed by atoms with van der Waals surface area (Å²) in [5.74, 6) is 0.124. The third-order valence-electron chi connectivity index (χ3n) is 5.06. The van der Waals surface area contributed by atoms with Crippen molar-refractivity contribution in [3.8, 4) is 0 Å². The Kier molecular flexibility index (Phi) is 6.08. The molecule has 3 aromatic carbocycles. The zero-order valence-corrected chi connectivity index (χ0v) is 16.3. The minimum absolute atomic E-state index is 0.00898. The molecule has 2 heteroatoms. The molecule has 27 heavy (non-hydrogen) atoms. The monoisotopic (exact) mass is 357 g/mol. The number of hydrogen-bond acceptors (Lipinski definition) is 1. The summed E-state index contributed by atoms with van der Waals surface area (Å²) < 4.78 is 0. The van der Waals surface area contributed by atoms with Crippen LogP contribution in [-0.2, 0) is 4.79 Å². The van der Waals surface area contributed by atoms with Crippen molar-refractivity contribution in [1.82, 2.24) is 5.32 Å². The molecule has 3 aromatic rings. The van der Waals surface area contributed by atoms with Crippen LogP contribution in [0.4, 0.5) is 0 Å². The minimum Gasteiger partial charge on any atom is -0.350 e. The molecule has 0 aliphatic heterocycles. The van der Waals surface area contributed by atoms with Crippen LogP contribution in [0.15, 0.2) is 78.9 Å². The molecule has 2 nitrogen and oxygen atoms in total. The molecule has 0 fully saturated rings. The van der Waals surface area contributed by atoms with Gasteiger partial charge >= 0.3 is 0 Å². The molecule has 0 aliphatic carbocycles. The number of carbonyl (C=O) groups is 1. The molecule has 3 rings (SSSR count). The van der Waals surface area contributed by atoms with E-state index >= 15 is 0 Å². The third-order valence-corrected chi connectivity index (χ3v) is 5.06. The van der Waals surface area contributed by atoms with Crippen LogP contribution in [0.3, 0.4) is 0 Å². The molecule has 1 unspecified atom stereocenters. The van der Waals surface area contributed by atoms with Crippen LogP contribution >= 0.6 is 0 Å². The van der Waals surface area contributed by atoms with Crippen molar-refractivity contribution < 1.29 is 4.79 Å². The number of aryl methyl sites for hydroxylation is 2. The average molecular weight is 357 g/mol. The molecule has 1 atom stereocenters. The number of benzene rings is 3. The third kappa shape index (κ3) is 4.85. The van der Waals surface area contributed by atoms with Gasteiger partial charge in [-0.3, -0.25) is 4.79 Å². The second-order valence-electron chi connectivity index (χ2n) is 7.23. The molecular weight excluding hydrogens is 330 g/mol. The Morgan fingerprint density at radius 2 is 1.41 bits per heavy atom. The smallest absolute Gasteiger partial charge is 0.221 e. The Morgan fingerprint density at radius 3 is 1.93 bits per heavy atom. The van der Waals surface area contributed by atoms with Crippen molar-refractivity contribution in [3.63, 3.8) is 0 Å². The van der Waals surface area contributed by atoms with Gasteiger partial charge in [-0.2, -0.15) is 0 Å². The Bertz CT molecular complexity index is 847. The largest absolute Gasteiger partial charge is 0.350 e. The van der Waals surface area contributed by atoms with Crippen LogP contribution in [0.25, 0.3) is 0 Å². The molecule has 0 bridgehead atoms. The van der Waals surface area contributed by atoms with Crippen LogP contribution in [0.2, 0.25) is 0 Å². The number of carbonyl (C=O) groups excluding carboxylic acids is 1. The number of nitrogens with one attached hydrogen (secondary N) is 1. The van der Waals surface area contributed by atoms with E-state index in [-0.39, 0.29) is 17.9 Å². The number of rotatable bonds is 6. The topological polar surface area (TPSA) is 29.1 Å². The molecule has 0 saturated carbocycles. The fourth-order valence-electron chi connectivity index (χ4n) is 3.67. The van der Waals surface area contributed by atoms with Gasteiger partial charge in [0.05, 0.1) is 6.04 Å². The SMILES string of the molecule is Cc1ccc(C(C)NC(=O)CC(c2ccccc2)c2ccccc2)c(C)c1. The van der Waals surface area contributed by atoms with Crippen molar-refractivity contribution in [2.24, 2.45) is 0 Å². The van der Waals surface area contributed by atoms with E-state index in [1.165, 1.54) is 16.7 Å². The van der Waals surface area contributed by atoms with Crippen molar-refractivity contribution in [2.45, 2.75) is 39.2 Å². The van der Waals surface area contributed by atoms with E-state index in [2.05, 4.69) is 68.6 Å². The molecular formula is C25H27NO. The normalized spacial score (nSPS) is 12.0. The van der Waals surface area contributed by atoms with Crippen LogP contribution in [-0.4, -0.2) is 5.91 Å². The van der Waals surface area contributed by atoms with Gasteiger partial charge in [0.2, 0.25) is 5.91 Å². The first-order valence-electron chi connectivity index (χ1n) is 9.51. The predicted octanol–water partition coefficient (Wildman–Crippen LogP) is 5.70. The first kappa shape index (κ1) is 18.9. The number of amides is 1. The maximum Gasteiger partial charge on any atom is 0.221 e. The Balaban J connectivity index is 1.77. The van der Waals surface area contributed by atoms with E-state index in [4.69, 9.17) is 0 Å². The lowest BCUT2D eigenvalue weighted by atomic mass is 9.88. The Morgan fingerprint density at radius 1 is 0.852 bits per heavy atom. The van der Waals surface area contributed by atoms with Gasteiger partial charge in [-0.05, 0) is 43.0 Å².